The number of nitrogens with one attached hydrogen (secondary N) is 1. The van der Waals surface area contributed by atoms with Crippen LogP contribution in [0.5, 0.6) is 17.2 Å². The third-order valence-corrected chi connectivity index (χ3v) is 3.99. The molecule has 0 radical (unpaired) electrons. The molecule has 0 saturated carbocycles. The number of nitro groups is 1. The zero-order chi connectivity index (χ0) is 20.8. The zero-order valence-electron chi connectivity index (χ0n) is 15.5. The molecule has 1 N–H and O–H groups in total. The number of amides is 1. The van der Waals surface area contributed by atoms with Crippen LogP contribution >= 0.6 is 0 Å². The van der Waals surface area contributed by atoms with Crippen molar-refractivity contribution in [2.75, 3.05) is 32.2 Å². The summed E-state index contributed by atoms with van der Waals surface area (Å²) >= 11 is 0. The van der Waals surface area contributed by atoms with Gasteiger partial charge >= 0.3 is 5.97 Å². The van der Waals surface area contributed by atoms with Crippen molar-refractivity contribution in [1.82, 2.24) is 0 Å². The molecule has 0 unspecified atom stereocenters. The summed E-state index contributed by atoms with van der Waals surface area (Å²) < 4.78 is 20.9. The van der Waals surface area contributed by atoms with E-state index in [4.69, 9.17) is 18.9 Å². The van der Waals surface area contributed by atoms with Crippen LogP contribution in [-0.2, 0) is 20.7 Å². The highest BCUT2D eigenvalue weighted by Gasteiger charge is 2.16. The molecular weight excluding hydrogens is 384 g/mol. The molecule has 10 nitrogen and oxygen atoms in total. The first-order chi connectivity index (χ1) is 14.0. The highest BCUT2D eigenvalue weighted by molar-refractivity contribution is 5.94. The molecule has 0 aromatic heterocycles. The molecule has 0 saturated heterocycles. The van der Waals surface area contributed by atoms with Crippen LogP contribution < -0.4 is 19.5 Å². The molecule has 29 heavy (non-hydrogen) atoms. The molecule has 0 atom stereocenters. The molecule has 1 heterocycles. The molecule has 1 aliphatic heterocycles. The second-order valence-electron chi connectivity index (χ2n) is 6.01. The summed E-state index contributed by atoms with van der Waals surface area (Å²) in [6.45, 7) is 0.357. The van der Waals surface area contributed by atoms with Gasteiger partial charge in [-0.25, -0.2) is 0 Å². The monoisotopic (exact) mass is 402 g/mol. The Bertz CT molecular complexity index is 944. The molecule has 2 aromatic rings. The second-order valence-corrected chi connectivity index (χ2v) is 6.01. The molecule has 0 bridgehead atoms. The normalized spacial score (nSPS) is 12.0. The van der Waals surface area contributed by atoms with Gasteiger partial charge in [0, 0.05) is 12.1 Å². The number of anilines is 1. The molecule has 10 heteroatoms. The number of nitro benzene ring substituents is 1. The van der Waals surface area contributed by atoms with E-state index in [-0.39, 0.29) is 23.5 Å². The SMILES string of the molecule is COc1ccc([N+](=O)[O-])cc1NC(=O)COC(=O)Cc1ccc2c(c1)OCCO2. The van der Waals surface area contributed by atoms with Crippen LogP contribution in [-0.4, -0.2) is 43.7 Å². The maximum atomic E-state index is 12.1. The van der Waals surface area contributed by atoms with Crippen LogP contribution in [0.25, 0.3) is 0 Å². The van der Waals surface area contributed by atoms with Crippen LogP contribution in [0.3, 0.4) is 0 Å². The van der Waals surface area contributed by atoms with Crippen molar-refractivity contribution in [3.8, 4) is 17.2 Å². The maximum Gasteiger partial charge on any atom is 0.310 e. The summed E-state index contributed by atoms with van der Waals surface area (Å²) in [6, 6.07) is 8.88. The van der Waals surface area contributed by atoms with Crippen LogP contribution in [0.4, 0.5) is 11.4 Å². The minimum atomic E-state index is -0.653. The lowest BCUT2D eigenvalue weighted by molar-refractivity contribution is -0.384. The number of non-ortho nitro benzene ring substituents is 1. The Hall–Kier alpha value is -3.82. The Kier molecular flexibility index (Phi) is 6.12. The molecule has 1 aliphatic rings. The lowest BCUT2D eigenvalue weighted by atomic mass is 10.1. The number of fused-ring (bicyclic) bond motifs is 1. The average Bonchev–Trinajstić information content (AvgIpc) is 2.72. The van der Waals surface area contributed by atoms with Gasteiger partial charge in [0.2, 0.25) is 0 Å². The fraction of sp³-hybridized carbons (Fsp3) is 0.263. The van der Waals surface area contributed by atoms with Crippen molar-refractivity contribution in [2.45, 2.75) is 6.42 Å². The van der Waals surface area contributed by atoms with Gasteiger partial charge in [0.1, 0.15) is 19.0 Å². The topological polar surface area (TPSA) is 126 Å². The van der Waals surface area contributed by atoms with Crippen molar-refractivity contribution in [3.63, 3.8) is 0 Å². The molecule has 152 valence electrons. The summed E-state index contributed by atoms with van der Waals surface area (Å²) in [5.41, 5.74) is 0.547. The zero-order valence-corrected chi connectivity index (χ0v) is 15.5. The summed E-state index contributed by atoms with van der Waals surface area (Å²) in [7, 11) is 1.37. The van der Waals surface area contributed by atoms with Crippen molar-refractivity contribution in [2.24, 2.45) is 0 Å². The molecule has 3 rings (SSSR count). The van der Waals surface area contributed by atoms with E-state index in [0.29, 0.717) is 30.3 Å². The number of esters is 1. The predicted molar refractivity (Wildman–Crippen MR) is 100 cm³/mol. The van der Waals surface area contributed by atoms with Crippen LogP contribution in [0.2, 0.25) is 0 Å². The third kappa shape index (κ3) is 5.12. The fourth-order valence-corrected chi connectivity index (χ4v) is 2.65. The van der Waals surface area contributed by atoms with E-state index in [2.05, 4.69) is 5.32 Å². The number of ether oxygens (including phenoxy) is 4. The first-order valence-corrected chi connectivity index (χ1v) is 8.62. The van der Waals surface area contributed by atoms with Crippen molar-refractivity contribution in [3.05, 3.63) is 52.1 Å². The average molecular weight is 402 g/mol. The van der Waals surface area contributed by atoms with Gasteiger partial charge in [-0.1, -0.05) is 6.07 Å². The van der Waals surface area contributed by atoms with Crippen LogP contribution in [0, 0.1) is 10.1 Å². The number of methoxy groups -OCH3 is 1. The van der Waals surface area contributed by atoms with E-state index >= 15 is 0 Å². The Morgan fingerprint density at radius 1 is 1.14 bits per heavy atom. The van der Waals surface area contributed by atoms with E-state index in [1.54, 1.807) is 18.2 Å². The van der Waals surface area contributed by atoms with E-state index in [9.17, 15) is 19.7 Å². The largest absolute Gasteiger partial charge is 0.495 e. The van der Waals surface area contributed by atoms with E-state index < -0.39 is 23.4 Å². The Morgan fingerprint density at radius 3 is 2.62 bits per heavy atom. The predicted octanol–water partition coefficient (Wildman–Crippen LogP) is 2.10. The van der Waals surface area contributed by atoms with Crippen molar-refractivity contribution >= 4 is 23.3 Å². The minimum absolute atomic E-state index is 0.0515. The van der Waals surface area contributed by atoms with Gasteiger partial charge in [-0.2, -0.15) is 0 Å². The number of nitrogens with zero attached hydrogens (tertiary/aromatic N) is 1. The number of carbonyl (C=O) groups is 2. The van der Waals surface area contributed by atoms with Gasteiger partial charge < -0.3 is 24.3 Å². The summed E-state index contributed by atoms with van der Waals surface area (Å²) in [5, 5.41) is 13.3. The first kappa shape index (κ1) is 19.9. The van der Waals surface area contributed by atoms with Gasteiger partial charge in [0.05, 0.1) is 24.1 Å². The van der Waals surface area contributed by atoms with Crippen molar-refractivity contribution < 1.29 is 33.5 Å². The minimum Gasteiger partial charge on any atom is -0.495 e. The van der Waals surface area contributed by atoms with Gasteiger partial charge in [0.15, 0.2) is 18.1 Å². The van der Waals surface area contributed by atoms with Crippen molar-refractivity contribution in [1.29, 1.82) is 0 Å². The first-order valence-electron chi connectivity index (χ1n) is 8.62. The fourth-order valence-electron chi connectivity index (χ4n) is 2.65. The smallest absolute Gasteiger partial charge is 0.310 e. The molecule has 2 aromatic carbocycles. The molecular formula is C19H18N2O8. The van der Waals surface area contributed by atoms with Gasteiger partial charge in [-0.15, -0.1) is 0 Å². The van der Waals surface area contributed by atoms with E-state index in [0.717, 1.165) is 6.07 Å². The Morgan fingerprint density at radius 2 is 1.90 bits per heavy atom. The van der Waals surface area contributed by atoms with Gasteiger partial charge in [0.25, 0.3) is 11.6 Å². The highest BCUT2D eigenvalue weighted by atomic mass is 16.6. The number of carbonyl (C=O) groups excluding carboxylic acids is 2. The number of hydrogen-bond donors (Lipinski definition) is 1. The number of hydrogen-bond acceptors (Lipinski definition) is 8. The van der Waals surface area contributed by atoms with Gasteiger partial charge in [-0.3, -0.25) is 19.7 Å². The second kappa shape index (κ2) is 8.91. The summed E-state index contributed by atoms with van der Waals surface area (Å²) in [5.74, 6) is 0.143. The van der Waals surface area contributed by atoms with Gasteiger partial charge in [-0.05, 0) is 23.8 Å². The van der Waals surface area contributed by atoms with E-state index in [1.807, 2.05) is 0 Å². The lowest BCUT2D eigenvalue weighted by Gasteiger charge is -2.18. The summed E-state index contributed by atoms with van der Waals surface area (Å²) in [6.07, 6.45) is -0.0515. The Labute approximate surface area is 165 Å². The highest BCUT2D eigenvalue weighted by Crippen LogP contribution is 2.31. The molecule has 0 fully saturated rings. The molecule has 0 aliphatic carbocycles. The number of benzene rings is 2. The Balaban J connectivity index is 1.55. The van der Waals surface area contributed by atoms with Crippen LogP contribution in [0.1, 0.15) is 5.56 Å². The lowest BCUT2D eigenvalue weighted by Crippen LogP contribution is -2.22. The quantitative estimate of drug-likeness (QED) is 0.424. The summed E-state index contributed by atoms with van der Waals surface area (Å²) in [4.78, 5) is 34.4. The van der Waals surface area contributed by atoms with E-state index in [1.165, 1.54) is 19.2 Å². The standard InChI is InChI=1S/C19H18N2O8/c1-26-15-5-3-13(21(24)25)10-14(15)20-18(22)11-29-19(23)9-12-2-4-16-17(8-12)28-7-6-27-16/h2-5,8,10H,6-7,9,11H2,1H3,(H,20,22). The molecule has 0 spiro atoms. The maximum absolute atomic E-state index is 12.1. The molecule has 1 amide bonds. The number of rotatable bonds is 7. The third-order valence-electron chi connectivity index (χ3n) is 3.99. The van der Waals surface area contributed by atoms with Crippen LogP contribution in [0.15, 0.2) is 36.4 Å².